The fourth-order valence-corrected chi connectivity index (χ4v) is 3.47. The van der Waals surface area contributed by atoms with Gasteiger partial charge in [0.05, 0.1) is 6.54 Å². The van der Waals surface area contributed by atoms with Crippen molar-refractivity contribution in [2.75, 3.05) is 18.8 Å². The number of hydrogen-bond acceptors (Lipinski definition) is 5. The van der Waals surface area contributed by atoms with Crippen LogP contribution in [0.1, 0.15) is 35.2 Å². The summed E-state index contributed by atoms with van der Waals surface area (Å²) < 4.78 is 2.07. The monoisotopic (exact) mass is 370 g/mol. The highest BCUT2D eigenvalue weighted by atomic mass is 16.2. The van der Waals surface area contributed by atoms with Gasteiger partial charge in [-0.1, -0.05) is 36.8 Å². The third-order valence-corrected chi connectivity index (χ3v) is 5.35. The van der Waals surface area contributed by atoms with Gasteiger partial charge >= 0.3 is 5.69 Å². The molecule has 27 heavy (non-hydrogen) atoms. The first-order valence-electron chi connectivity index (χ1n) is 9.23. The van der Waals surface area contributed by atoms with Crippen LogP contribution in [0.25, 0.3) is 0 Å². The Morgan fingerprint density at radius 1 is 1.15 bits per heavy atom. The molecule has 7 heteroatoms. The number of hydrogen-bond donors (Lipinski definition) is 1. The van der Waals surface area contributed by atoms with Crippen LogP contribution in [-0.4, -0.2) is 32.9 Å². The Labute approximate surface area is 158 Å². The molecule has 3 rings (SSSR count). The highest BCUT2D eigenvalue weighted by molar-refractivity contribution is 6.01. The minimum atomic E-state index is -0.635. The van der Waals surface area contributed by atoms with E-state index in [9.17, 15) is 14.4 Å². The molecule has 0 aliphatic heterocycles. The van der Waals surface area contributed by atoms with Crippen molar-refractivity contribution in [3.63, 3.8) is 0 Å². The summed E-state index contributed by atoms with van der Waals surface area (Å²) in [4.78, 5) is 39.4. The molecule has 1 fully saturated rings. The van der Waals surface area contributed by atoms with E-state index in [1.54, 1.807) is 0 Å². The predicted octanol–water partition coefficient (Wildman–Crippen LogP) is 1.15. The van der Waals surface area contributed by atoms with Gasteiger partial charge in [0.2, 0.25) is 0 Å². The number of nitrogen functional groups attached to an aromatic ring is 1. The van der Waals surface area contributed by atoms with Crippen LogP contribution < -0.4 is 17.0 Å². The van der Waals surface area contributed by atoms with Gasteiger partial charge in [-0.2, -0.15) is 0 Å². The van der Waals surface area contributed by atoms with Gasteiger partial charge in [-0.25, -0.2) is 4.79 Å². The molecular weight excluding hydrogens is 344 g/mol. The molecule has 0 unspecified atom stereocenters. The maximum Gasteiger partial charge on any atom is 0.332 e. The summed E-state index contributed by atoms with van der Waals surface area (Å²) in [6.45, 7) is 1.55. The average molecular weight is 370 g/mol. The number of nitrogens with two attached hydrogens (primary N) is 1. The number of Topliss-reactive ketones (excluding diaryl/α,β-unsaturated/α-hetero) is 1. The number of nitrogens with zero attached hydrogens (tertiary/aromatic N) is 3. The van der Waals surface area contributed by atoms with E-state index in [4.69, 9.17) is 5.73 Å². The van der Waals surface area contributed by atoms with E-state index in [1.807, 2.05) is 30.3 Å². The molecule has 1 aromatic heterocycles. The SMILES string of the molecule is Cn1c(N)c(C(=O)CN(Cc2ccccc2)CC2CCC2)c(=O)n(C)c1=O. The lowest BCUT2D eigenvalue weighted by molar-refractivity contribution is 0.0888. The van der Waals surface area contributed by atoms with E-state index >= 15 is 0 Å². The van der Waals surface area contributed by atoms with Crippen molar-refractivity contribution >= 4 is 11.6 Å². The summed E-state index contributed by atoms with van der Waals surface area (Å²) in [5.74, 6) is 0.164. The van der Waals surface area contributed by atoms with Crippen LogP contribution in [0.4, 0.5) is 5.82 Å². The molecule has 0 bridgehead atoms. The van der Waals surface area contributed by atoms with Crippen molar-refractivity contribution in [1.29, 1.82) is 0 Å². The van der Waals surface area contributed by atoms with Crippen LogP contribution in [0, 0.1) is 5.92 Å². The summed E-state index contributed by atoms with van der Waals surface area (Å²) in [5.41, 5.74) is 5.77. The Morgan fingerprint density at radius 2 is 1.81 bits per heavy atom. The first-order valence-corrected chi connectivity index (χ1v) is 9.23. The lowest BCUT2D eigenvalue weighted by atomic mass is 9.85. The maximum atomic E-state index is 12.9. The average Bonchev–Trinajstić information content (AvgIpc) is 2.62. The second kappa shape index (κ2) is 7.92. The summed E-state index contributed by atoms with van der Waals surface area (Å²) in [6, 6.07) is 9.95. The summed E-state index contributed by atoms with van der Waals surface area (Å²) in [6.07, 6.45) is 3.57. The van der Waals surface area contributed by atoms with Crippen molar-refractivity contribution < 1.29 is 4.79 Å². The zero-order valence-electron chi connectivity index (χ0n) is 15.9. The number of aromatic nitrogens is 2. The van der Waals surface area contributed by atoms with E-state index < -0.39 is 11.2 Å². The quantitative estimate of drug-likeness (QED) is 0.739. The highest BCUT2D eigenvalue weighted by Crippen LogP contribution is 2.27. The Hall–Kier alpha value is -2.67. The number of carbonyl (C=O) groups is 1. The van der Waals surface area contributed by atoms with Gasteiger partial charge in [-0.05, 0) is 24.3 Å². The van der Waals surface area contributed by atoms with Crippen molar-refractivity contribution in [3.05, 3.63) is 62.3 Å². The molecule has 0 spiro atoms. The van der Waals surface area contributed by atoms with E-state index in [2.05, 4.69) is 4.90 Å². The number of anilines is 1. The summed E-state index contributed by atoms with van der Waals surface area (Å²) in [7, 11) is 2.82. The Bertz CT molecular complexity index is 942. The van der Waals surface area contributed by atoms with Crippen LogP contribution in [0.3, 0.4) is 0 Å². The van der Waals surface area contributed by atoms with Crippen LogP contribution in [-0.2, 0) is 20.6 Å². The van der Waals surface area contributed by atoms with Gasteiger partial charge in [0.15, 0.2) is 5.78 Å². The third-order valence-electron chi connectivity index (χ3n) is 5.35. The molecule has 2 aromatic rings. The van der Waals surface area contributed by atoms with Crippen molar-refractivity contribution in [3.8, 4) is 0 Å². The van der Waals surface area contributed by atoms with Crippen LogP contribution in [0.2, 0.25) is 0 Å². The van der Waals surface area contributed by atoms with Gasteiger partial charge < -0.3 is 5.73 Å². The Balaban J connectivity index is 1.86. The first kappa shape index (κ1) is 19.1. The molecule has 144 valence electrons. The number of carbonyl (C=O) groups excluding carboxylic acids is 1. The molecule has 1 aliphatic carbocycles. The van der Waals surface area contributed by atoms with Gasteiger partial charge in [0.25, 0.3) is 5.56 Å². The zero-order chi connectivity index (χ0) is 19.6. The number of ketones is 1. The maximum absolute atomic E-state index is 12.9. The molecule has 7 nitrogen and oxygen atoms in total. The van der Waals surface area contributed by atoms with Crippen LogP contribution in [0.5, 0.6) is 0 Å². The minimum Gasteiger partial charge on any atom is -0.384 e. The molecule has 2 N–H and O–H groups in total. The third kappa shape index (κ3) is 4.03. The molecule has 0 radical (unpaired) electrons. The predicted molar refractivity (Wildman–Crippen MR) is 105 cm³/mol. The standard InChI is InChI=1S/C20H26N4O3/c1-22-18(21)17(19(26)23(2)20(22)27)16(25)13-24(12-15-9-6-10-15)11-14-7-4-3-5-8-14/h3-5,7-8,15H,6,9-13,21H2,1-2H3. The van der Waals surface area contributed by atoms with E-state index in [1.165, 1.54) is 33.4 Å². The van der Waals surface area contributed by atoms with Gasteiger partial charge in [0.1, 0.15) is 11.4 Å². The fourth-order valence-electron chi connectivity index (χ4n) is 3.47. The van der Waals surface area contributed by atoms with Crippen LogP contribution in [0.15, 0.2) is 39.9 Å². The van der Waals surface area contributed by atoms with E-state index in [0.717, 1.165) is 21.2 Å². The number of rotatable bonds is 7. The zero-order valence-corrected chi connectivity index (χ0v) is 15.9. The second-order valence-electron chi connectivity index (χ2n) is 7.34. The van der Waals surface area contributed by atoms with Crippen molar-refractivity contribution in [2.24, 2.45) is 20.0 Å². The lowest BCUT2D eigenvalue weighted by Gasteiger charge is -2.32. The molecule has 0 saturated heterocycles. The number of benzene rings is 1. The normalized spacial score (nSPS) is 14.3. The van der Waals surface area contributed by atoms with Crippen molar-refractivity contribution in [1.82, 2.24) is 14.0 Å². The summed E-state index contributed by atoms with van der Waals surface area (Å²) in [5, 5.41) is 0. The minimum absolute atomic E-state index is 0.0728. The Morgan fingerprint density at radius 3 is 2.41 bits per heavy atom. The molecule has 1 heterocycles. The largest absolute Gasteiger partial charge is 0.384 e. The van der Waals surface area contributed by atoms with Gasteiger partial charge in [0, 0.05) is 27.2 Å². The molecule has 1 saturated carbocycles. The molecule has 1 aliphatic rings. The van der Waals surface area contributed by atoms with E-state index in [-0.39, 0.29) is 23.7 Å². The first-order chi connectivity index (χ1) is 12.9. The van der Waals surface area contributed by atoms with Crippen molar-refractivity contribution in [2.45, 2.75) is 25.8 Å². The molecular formula is C20H26N4O3. The van der Waals surface area contributed by atoms with Gasteiger partial charge in [-0.3, -0.25) is 23.6 Å². The highest BCUT2D eigenvalue weighted by Gasteiger charge is 2.25. The van der Waals surface area contributed by atoms with Gasteiger partial charge in [-0.15, -0.1) is 0 Å². The smallest absolute Gasteiger partial charge is 0.332 e. The second-order valence-corrected chi connectivity index (χ2v) is 7.34. The topological polar surface area (TPSA) is 90.3 Å². The molecule has 0 amide bonds. The Kier molecular flexibility index (Phi) is 5.60. The lowest BCUT2D eigenvalue weighted by Crippen LogP contribution is -2.44. The fraction of sp³-hybridized carbons (Fsp3) is 0.450. The molecule has 0 atom stereocenters. The van der Waals surface area contributed by atoms with E-state index in [0.29, 0.717) is 12.5 Å². The molecule has 1 aromatic carbocycles. The summed E-state index contributed by atoms with van der Waals surface area (Å²) >= 11 is 0. The van der Waals surface area contributed by atoms with Crippen LogP contribution >= 0.6 is 0 Å².